The predicted octanol–water partition coefficient (Wildman–Crippen LogP) is 2.13. The van der Waals surface area contributed by atoms with Crippen molar-refractivity contribution in [3.05, 3.63) is 59.3 Å². The van der Waals surface area contributed by atoms with E-state index in [0.29, 0.717) is 17.8 Å². The van der Waals surface area contributed by atoms with Crippen LogP contribution in [0.15, 0.2) is 42.6 Å². The molecule has 1 aromatic heterocycles. The molecule has 0 saturated heterocycles. The van der Waals surface area contributed by atoms with Crippen molar-refractivity contribution in [1.82, 2.24) is 10.3 Å². The van der Waals surface area contributed by atoms with Crippen molar-refractivity contribution in [2.24, 2.45) is 0 Å². The van der Waals surface area contributed by atoms with Crippen LogP contribution in [0.2, 0.25) is 0 Å². The van der Waals surface area contributed by atoms with E-state index in [9.17, 15) is 0 Å². The van der Waals surface area contributed by atoms with Gasteiger partial charge in [0.15, 0.2) is 0 Å². The second-order valence-corrected chi connectivity index (χ2v) is 5.16. The van der Waals surface area contributed by atoms with Crippen molar-refractivity contribution in [2.75, 3.05) is 12.8 Å². The minimum absolute atomic E-state index is 0.418. The first-order chi connectivity index (χ1) is 9.29. The summed E-state index contributed by atoms with van der Waals surface area (Å²) < 4.78 is 0. The highest BCUT2D eigenvalue weighted by molar-refractivity contribution is 5.43. The molecule has 0 radical (unpaired) electrons. The maximum absolute atomic E-state index is 5.94. The summed E-state index contributed by atoms with van der Waals surface area (Å²) >= 11 is 0. The molecule has 3 heteroatoms. The fraction of sp³-hybridized carbons (Fsp3) is 0.312. The van der Waals surface area contributed by atoms with Crippen molar-refractivity contribution >= 4 is 5.82 Å². The Hall–Kier alpha value is -1.87. The van der Waals surface area contributed by atoms with E-state index >= 15 is 0 Å². The highest BCUT2D eigenvalue weighted by atomic mass is 14.9. The molecular formula is C16H19N3. The van der Waals surface area contributed by atoms with Gasteiger partial charge in [0, 0.05) is 18.2 Å². The zero-order valence-electron chi connectivity index (χ0n) is 11.1. The maximum Gasteiger partial charge on any atom is 0.126 e. The molecule has 3 N–H and O–H groups in total. The second-order valence-electron chi connectivity index (χ2n) is 5.16. The average Bonchev–Trinajstić information content (AvgIpc) is 2.41. The molecule has 1 aromatic carbocycles. The number of hydrogen-bond acceptors (Lipinski definition) is 3. The van der Waals surface area contributed by atoms with Crippen LogP contribution in [0, 0.1) is 0 Å². The number of hydrogen-bond donors (Lipinski definition) is 2. The summed E-state index contributed by atoms with van der Waals surface area (Å²) in [6.45, 7) is 0. The summed E-state index contributed by atoms with van der Waals surface area (Å²) in [5, 5.41) is 3.44. The van der Waals surface area contributed by atoms with Crippen LogP contribution in [0.25, 0.3) is 0 Å². The molecule has 0 saturated carbocycles. The fourth-order valence-electron chi connectivity index (χ4n) is 2.96. The van der Waals surface area contributed by atoms with Crippen molar-refractivity contribution in [3.8, 4) is 0 Å². The van der Waals surface area contributed by atoms with Gasteiger partial charge in [-0.1, -0.05) is 30.3 Å². The van der Waals surface area contributed by atoms with Crippen LogP contribution in [0.1, 0.15) is 22.6 Å². The smallest absolute Gasteiger partial charge is 0.126 e. The summed E-state index contributed by atoms with van der Waals surface area (Å²) in [4.78, 5) is 4.16. The molecule has 1 heterocycles. The van der Waals surface area contributed by atoms with Gasteiger partial charge in [0.25, 0.3) is 0 Å². The molecule has 0 fully saturated rings. The van der Waals surface area contributed by atoms with Gasteiger partial charge in [-0.25, -0.2) is 4.98 Å². The number of likely N-dealkylation sites (N-methyl/N-ethyl adjacent to an activating group) is 1. The van der Waals surface area contributed by atoms with E-state index in [2.05, 4.69) is 40.6 Å². The Morgan fingerprint density at radius 1 is 1.32 bits per heavy atom. The molecule has 1 aliphatic rings. The van der Waals surface area contributed by atoms with E-state index in [1.54, 1.807) is 6.20 Å². The van der Waals surface area contributed by atoms with Gasteiger partial charge in [-0.3, -0.25) is 0 Å². The SMILES string of the molecule is CNC(Cc1cccnc1N)C1Cc2ccccc21. The summed E-state index contributed by atoms with van der Waals surface area (Å²) in [6.07, 6.45) is 3.82. The van der Waals surface area contributed by atoms with Gasteiger partial charge in [-0.05, 0) is 42.6 Å². The standard InChI is InChI=1S/C16H19N3/c1-18-15(10-12-6-4-8-19-16(12)17)14-9-11-5-2-3-7-13(11)14/h2-8,14-15,18H,9-10H2,1H3,(H2,17,19). The van der Waals surface area contributed by atoms with Gasteiger partial charge < -0.3 is 11.1 Å². The number of nitrogens with zero attached hydrogens (tertiary/aromatic N) is 1. The van der Waals surface area contributed by atoms with E-state index in [1.807, 2.05) is 13.1 Å². The molecule has 2 aromatic rings. The van der Waals surface area contributed by atoms with Crippen LogP contribution in [-0.4, -0.2) is 18.1 Å². The Bertz CT molecular complexity index is 580. The Balaban J connectivity index is 1.79. The molecule has 1 aliphatic carbocycles. The Morgan fingerprint density at radius 2 is 2.16 bits per heavy atom. The minimum Gasteiger partial charge on any atom is -0.383 e. The number of nitrogens with two attached hydrogens (primary N) is 1. The highest BCUT2D eigenvalue weighted by Gasteiger charge is 2.32. The first kappa shape index (κ1) is 12.2. The van der Waals surface area contributed by atoms with Crippen LogP contribution in [0.5, 0.6) is 0 Å². The van der Waals surface area contributed by atoms with Crippen LogP contribution in [0.3, 0.4) is 0 Å². The molecule has 19 heavy (non-hydrogen) atoms. The van der Waals surface area contributed by atoms with E-state index in [4.69, 9.17) is 5.73 Å². The number of nitrogen functional groups attached to an aromatic ring is 1. The van der Waals surface area contributed by atoms with Crippen molar-refractivity contribution in [3.63, 3.8) is 0 Å². The van der Waals surface area contributed by atoms with E-state index < -0.39 is 0 Å². The van der Waals surface area contributed by atoms with E-state index in [1.165, 1.54) is 11.1 Å². The lowest BCUT2D eigenvalue weighted by atomic mass is 9.72. The minimum atomic E-state index is 0.418. The number of anilines is 1. The fourth-order valence-corrected chi connectivity index (χ4v) is 2.96. The first-order valence-electron chi connectivity index (χ1n) is 6.74. The number of pyridine rings is 1. The lowest BCUT2D eigenvalue weighted by molar-refractivity contribution is 0.422. The quantitative estimate of drug-likeness (QED) is 0.877. The van der Waals surface area contributed by atoms with E-state index in [-0.39, 0.29) is 0 Å². The normalized spacial score (nSPS) is 18.5. The van der Waals surface area contributed by atoms with E-state index in [0.717, 1.165) is 18.4 Å². The molecule has 2 unspecified atom stereocenters. The molecule has 98 valence electrons. The number of nitrogens with one attached hydrogen (secondary N) is 1. The average molecular weight is 253 g/mol. The third-order valence-corrected chi connectivity index (χ3v) is 4.12. The molecule has 0 aliphatic heterocycles. The van der Waals surface area contributed by atoms with Gasteiger partial charge >= 0.3 is 0 Å². The Morgan fingerprint density at radius 3 is 2.89 bits per heavy atom. The number of benzene rings is 1. The predicted molar refractivity (Wildman–Crippen MR) is 78.1 cm³/mol. The Kier molecular flexibility index (Phi) is 3.22. The summed E-state index contributed by atoms with van der Waals surface area (Å²) in [5.41, 5.74) is 10.0. The molecule has 0 spiro atoms. The third-order valence-electron chi connectivity index (χ3n) is 4.12. The van der Waals surface area contributed by atoms with Crippen molar-refractivity contribution in [1.29, 1.82) is 0 Å². The van der Waals surface area contributed by atoms with Gasteiger partial charge in [-0.2, -0.15) is 0 Å². The zero-order valence-corrected chi connectivity index (χ0v) is 11.1. The van der Waals surface area contributed by atoms with Crippen LogP contribution in [0.4, 0.5) is 5.82 Å². The molecule has 0 bridgehead atoms. The van der Waals surface area contributed by atoms with Gasteiger partial charge in [0.2, 0.25) is 0 Å². The summed E-state index contributed by atoms with van der Waals surface area (Å²) in [5.74, 6) is 1.23. The Labute approximate surface area is 113 Å². The van der Waals surface area contributed by atoms with Crippen molar-refractivity contribution in [2.45, 2.75) is 24.8 Å². The van der Waals surface area contributed by atoms with Gasteiger partial charge in [0.05, 0.1) is 0 Å². The number of fused-ring (bicyclic) bond motifs is 1. The lowest BCUT2D eigenvalue weighted by Gasteiger charge is -2.36. The van der Waals surface area contributed by atoms with Crippen molar-refractivity contribution < 1.29 is 0 Å². The van der Waals surface area contributed by atoms with Crippen LogP contribution in [-0.2, 0) is 12.8 Å². The monoisotopic (exact) mass is 253 g/mol. The molecular weight excluding hydrogens is 234 g/mol. The summed E-state index contributed by atoms with van der Waals surface area (Å²) in [7, 11) is 2.03. The molecule has 0 amide bonds. The zero-order chi connectivity index (χ0) is 13.2. The third kappa shape index (κ3) is 2.22. The molecule has 2 atom stereocenters. The topological polar surface area (TPSA) is 50.9 Å². The highest BCUT2D eigenvalue weighted by Crippen LogP contribution is 2.38. The van der Waals surface area contributed by atoms with Crippen LogP contribution < -0.4 is 11.1 Å². The lowest BCUT2D eigenvalue weighted by Crippen LogP contribution is -2.39. The van der Waals surface area contributed by atoms with Gasteiger partial charge in [0.1, 0.15) is 5.82 Å². The second kappa shape index (κ2) is 5.02. The molecule has 3 rings (SSSR count). The van der Waals surface area contributed by atoms with Gasteiger partial charge in [-0.15, -0.1) is 0 Å². The number of rotatable bonds is 4. The molecule has 3 nitrogen and oxygen atoms in total. The first-order valence-corrected chi connectivity index (χ1v) is 6.74. The largest absolute Gasteiger partial charge is 0.383 e. The number of aromatic nitrogens is 1. The van der Waals surface area contributed by atoms with Crippen LogP contribution >= 0.6 is 0 Å². The summed E-state index contributed by atoms with van der Waals surface area (Å²) in [6, 6.07) is 13.1. The maximum atomic E-state index is 5.94.